The molecule has 0 amide bonds. The highest BCUT2D eigenvalue weighted by Gasteiger charge is 2.31. The molecule has 15 rings (SSSR count). The SMILES string of the molecule is COCOc1cc(OC)c(OC)cc1-c1c(-c2ccc(OC)c(C=O)c2)c(C)n(CCc2ccc(OC)c(OC)c2)c1C.COCOc1cc(OC)c(OC)cc1-c1c(C)[nH]c(C)c1-c1ccc(OC)c(C=O)c1.COCOc1cc(OC)c(OC)cc1-c1c(C)nnc(C)c1-c1ccc(OC)c(C=O)c1.COc1ccc(-c2c(C)n(CCc3ccc(OC)c(OC)c3)c3c(=O)oc4cc(OC)c(OC)cc4c23)cc1C=O. The van der Waals surface area contributed by atoms with Crippen molar-refractivity contribution in [2.75, 3.05) is 155 Å². The van der Waals surface area contributed by atoms with Crippen molar-refractivity contribution in [3.8, 4) is 187 Å². The molecule has 772 valence electrons. The number of fused-ring (bicyclic) bond motifs is 3. The summed E-state index contributed by atoms with van der Waals surface area (Å²) < 4.78 is 131. The number of carbonyl (C=O) groups excluding carboxylic acids is 4. The predicted octanol–water partition coefficient (Wildman–Crippen LogP) is 21.4. The summed E-state index contributed by atoms with van der Waals surface area (Å²) in [7, 11) is 29.8. The van der Waals surface area contributed by atoms with E-state index in [1.807, 2.05) is 142 Å². The van der Waals surface area contributed by atoms with Crippen LogP contribution in [0.15, 0.2) is 167 Å². The Kier molecular flexibility index (Phi) is 37.5. The van der Waals surface area contributed by atoms with Gasteiger partial charge in [-0.1, -0.05) is 36.4 Å². The van der Waals surface area contributed by atoms with Crippen molar-refractivity contribution in [2.45, 2.75) is 74.4 Å². The van der Waals surface area contributed by atoms with Crippen molar-refractivity contribution < 1.29 is 128 Å². The quantitative estimate of drug-likeness (QED) is 0.0211. The highest BCUT2D eigenvalue weighted by atomic mass is 16.7. The number of methoxy groups -OCH3 is 19. The summed E-state index contributed by atoms with van der Waals surface area (Å²) in [5, 5.41) is 10.0. The number of benzene rings is 10. The maximum Gasteiger partial charge on any atom is 0.361 e. The normalized spacial score (nSPS) is 10.8. The first-order valence-corrected chi connectivity index (χ1v) is 46.3. The number of carbonyl (C=O) groups is 4. The summed E-state index contributed by atoms with van der Waals surface area (Å²) in [6.45, 7) is 15.2. The number of hydrogen-bond donors (Lipinski definition) is 1. The van der Waals surface area contributed by atoms with Crippen LogP contribution < -0.4 is 95.6 Å². The van der Waals surface area contributed by atoms with Crippen LogP contribution in [0, 0.1) is 48.5 Å². The molecule has 0 saturated heterocycles. The fourth-order valence-corrected chi connectivity index (χ4v) is 18.2. The maximum absolute atomic E-state index is 13.6. The second-order valence-electron chi connectivity index (χ2n) is 33.2. The summed E-state index contributed by atoms with van der Waals surface area (Å²) in [6, 6.07) is 48.1. The molecule has 5 aromatic heterocycles. The molecule has 10 aromatic carbocycles. The van der Waals surface area contributed by atoms with Crippen LogP contribution in [0.1, 0.15) is 92.4 Å². The van der Waals surface area contributed by atoms with Gasteiger partial charge in [-0.2, -0.15) is 10.2 Å². The third-order valence-electron chi connectivity index (χ3n) is 25.1. The van der Waals surface area contributed by atoms with Crippen molar-refractivity contribution in [1.82, 2.24) is 24.3 Å². The summed E-state index contributed by atoms with van der Waals surface area (Å²) >= 11 is 0. The summed E-state index contributed by atoms with van der Waals surface area (Å²) in [6.07, 6.45) is 4.48. The topological polar surface area (TPSA) is 353 Å². The zero-order valence-corrected chi connectivity index (χ0v) is 87.5. The van der Waals surface area contributed by atoms with Gasteiger partial charge >= 0.3 is 5.63 Å². The van der Waals surface area contributed by atoms with Crippen LogP contribution >= 0.6 is 0 Å². The highest BCUT2D eigenvalue weighted by molar-refractivity contribution is 6.14. The Bertz CT molecular complexity index is 7330. The molecule has 0 saturated carbocycles. The van der Waals surface area contributed by atoms with Gasteiger partial charge in [0.2, 0.25) is 0 Å². The van der Waals surface area contributed by atoms with Crippen LogP contribution in [0.2, 0.25) is 0 Å². The van der Waals surface area contributed by atoms with E-state index < -0.39 is 5.63 Å². The molecule has 33 nitrogen and oxygen atoms in total. The van der Waals surface area contributed by atoms with Crippen molar-refractivity contribution in [3.05, 3.63) is 241 Å². The van der Waals surface area contributed by atoms with E-state index in [1.54, 1.807) is 168 Å². The van der Waals surface area contributed by atoms with Gasteiger partial charge in [-0.05, 0) is 192 Å². The molecule has 0 unspecified atom stereocenters. The fourth-order valence-electron chi connectivity index (χ4n) is 18.2. The van der Waals surface area contributed by atoms with E-state index in [1.165, 1.54) is 21.3 Å². The Morgan fingerprint density at radius 1 is 0.286 bits per heavy atom. The zero-order chi connectivity index (χ0) is 106. The zero-order valence-electron chi connectivity index (χ0n) is 87.5. The van der Waals surface area contributed by atoms with Crippen LogP contribution in [-0.4, -0.2) is 205 Å². The number of hydrogen-bond acceptors (Lipinski definition) is 30. The van der Waals surface area contributed by atoms with Gasteiger partial charge in [0.15, 0.2) is 115 Å². The molecule has 147 heavy (non-hydrogen) atoms. The second kappa shape index (κ2) is 50.5. The average molecular weight is 2010 g/mol. The number of ether oxygens (including phenoxy) is 22. The Hall–Kier alpha value is -16.7. The lowest BCUT2D eigenvalue weighted by Crippen LogP contribution is -2.10. The molecule has 1 N–H and O–H groups in total. The smallest absolute Gasteiger partial charge is 0.361 e. The molecule has 0 radical (unpaired) electrons. The molecule has 33 heteroatoms. The minimum Gasteiger partial charge on any atom is -0.496 e. The van der Waals surface area contributed by atoms with Crippen molar-refractivity contribution in [2.24, 2.45) is 0 Å². The Morgan fingerprint density at radius 3 is 0.966 bits per heavy atom. The summed E-state index contributed by atoms with van der Waals surface area (Å²) in [4.78, 5) is 64.1. The molecule has 0 fully saturated rings. The van der Waals surface area contributed by atoms with E-state index in [9.17, 15) is 24.0 Å². The largest absolute Gasteiger partial charge is 0.496 e. The average Bonchev–Trinajstić information content (AvgIpc) is 1.56. The summed E-state index contributed by atoms with van der Waals surface area (Å²) in [5.74, 6) is 10.6. The second-order valence-corrected chi connectivity index (χ2v) is 33.2. The van der Waals surface area contributed by atoms with Crippen LogP contribution in [0.3, 0.4) is 0 Å². The number of aldehydes is 4. The van der Waals surface area contributed by atoms with E-state index in [4.69, 9.17) is 109 Å². The molecule has 0 bridgehead atoms. The van der Waals surface area contributed by atoms with Gasteiger partial charge in [0.25, 0.3) is 0 Å². The standard InChI is InChI=1S/C34H39NO8.C32H31NO8.C24H26N2O6.C24H27NO6/c1-21-33(24-10-12-27(38-4)25(16-24)19-36)34(26-17-31(41-7)32(42-8)18-29(26)43-20-37-3)22(2)35(21)14-13-23-9-11-28(39-5)30(15-23)40-6;1-18-29(20-8-10-23(36-2)21(14-20)17-34)30-22-15-27(39-5)28(40-6)16-25(22)41-32(35)31(30)33(18)12-11-19-7-9-24(37-3)26(13-19)38-4;1-14-23(16-7-8-19(29-4)17(9-16)12-27)24(15(2)26-25-14)18-10-21(30-5)22(31-6)11-20(18)32-13-28-3;1-14-23(16-7-8-19(28-4)17(9-16)12-26)24(15(2)25-14)18-10-21(29-5)22(30-6)11-20(18)31-13-27-3/h9-12,15-19H,13-14,20H2,1-8H3;7-10,13-17H,11-12H2,1-6H3;7-12H,13H2,1-6H3;7-12,25H,13H2,1-6H3. The number of aromatic amines is 1. The van der Waals surface area contributed by atoms with Gasteiger partial charge < -0.3 is 123 Å². The number of nitrogens with one attached hydrogen (secondary N) is 1. The lowest BCUT2D eigenvalue weighted by molar-refractivity contribution is 0.0512. The number of H-pyrrole nitrogens is 1. The molecular weight excluding hydrogens is 1890 g/mol. The lowest BCUT2D eigenvalue weighted by atomic mass is 9.91. The monoisotopic (exact) mass is 2010 g/mol. The van der Waals surface area contributed by atoms with Crippen molar-refractivity contribution in [3.63, 3.8) is 0 Å². The predicted molar refractivity (Wildman–Crippen MR) is 561 cm³/mol. The molecule has 0 spiro atoms. The number of aromatic nitrogens is 5. The maximum atomic E-state index is 13.6. The van der Waals surface area contributed by atoms with Gasteiger partial charge in [0, 0.05) is 154 Å². The van der Waals surface area contributed by atoms with Gasteiger partial charge in [-0.3, -0.25) is 19.2 Å². The van der Waals surface area contributed by atoms with Crippen LogP contribution in [-0.2, 0) is 40.1 Å². The fraction of sp³-hybridized carbons (Fsp3) is 0.289. The third kappa shape index (κ3) is 23.3. The van der Waals surface area contributed by atoms with Crippen LogP contribution in [0.4, 0.5) is 0 Å². The van der Waals surface area contributed by atoms with E-state index in [0.717, 1.165) is 149 Å². The van der Waals surface area contributed by atoms with E-state index in [2.05, 4.69) is 33.6 Å². The highest BCUT2D eigenvalue weighted by Crippen LogP contribution is 2.53. The van der Waals surface area contributed by atoms with Gasteiger partial charge in [0.1, 0.15) is 51.3 Å². The summed E-state index contributed by atoms with van der Waals surface area (Å²) in [5.41, 5.74) is 22.3. The Labute approximate surface area is 853 Å². The Balaban J connectivity index is 0.000000176. The number of nitrogens with zero attached hydrogens (tertiary/aromatic N) is 4. The number of rotatable bonds is 42. The first kappa shape index (κ1) is 109. The Morgan fingerprint density at radius 2 is 0.585 bits per heavy atom. The van der Waals surface area contributed by atoms with Crippen LogP contribution in [0.25, 0.3) is 99.8 Å². The molecule has 0 aliphatic heterocycles. The lowest BCUT2D eigenvalue weighted by Gasteiger charge is -2.20. The van der Waals surface area contributed by atoms with Crippen LogP contribution in [0.5, 0.6) is 109 Å². The molecule has 0 aliphatic rings. The molecule has 5 heterocycles. The van der Waals surface area contributed by atoms with Gasteiger partial charge in [0.05, 0.1) is 147 Å². The molecular formula is C114H123N5O28. The van der Waals surface area contributed by atoms with Gasteiger partial charge in [-0.15, -0.1) is 0 Å². The van der Waals surface area contributed by atoms with E-state index in [-0.39, 0.29) is 20.4 Å². The first-order chi connectivity index (χ1) is 71.2. The van der Waals surface area contributed by atoms with E-state index in [0.29, 0.717) is 184 Å². The third-order valence-corrected chi connectivity index (χ3v) is 25.1. The van der Waals surface area contributed by atoms with Gasteiger partial charge in [-0.25, -0.2) is 4.79 Å². The van der Waals surface area contributed by atoms with Crippen molar-refractivity contribution >= 4 is 47.0 Å². The number of aryl methyl sites for hydroxylation is 7. The molecule has 15 aromatic rings. The van der Waals surface area contributed by atoms with E-state index >= 15 is 0 Å². The minimum absolute atomic E-state index is 0.0478. The first-order valence-electron chi connectivity index (χ1n) is 46.3. The minimum atomic E-state index is -0.481. The van der Waals surface area contributed by atoms with Crippen molar-refractivity contribution in [1.29, 1.82) is 0 Å². The molecule has 0 aliphatic carbocycles. The molecule has 0 atom stereocenters.